The van der Waals surface area contributed by atoms with Crippen LogP contribution in [-0.2, 0) is 21.3 Å². The van der Waals surface area contributed by atoms with E-state index in [4.69, 9.17) is 9.88 Å². The summed E-state index contributed by atoms with van der Waals surface area (Å²) in [7, 11) is -2.42. The van der Waals surface area contributed by atoms with Crippen LogP contribution in [0.5, 0.6) is 0 Å². The summed E-state index contributed by atoms with van der Waals surface area (Å²) in [4.78, 5) is 0. The minimum absolute atomic E-state index is 0.270. The van der Waals surface area contributed by atoms with E-state index in [1.165, 1.54) is 11.7 Å². The topological polar surface area (TPSA) is 100 Å². The van der Waals surface area contributed by atoms with Gasteiger partial charge in [0, 0.05) is 17.1 Å². The Morgan fingerprint density at radius 1 is 1.38 bits per heavy atom. The quantitative estimate of drug-likeness (QED) is 0.849. The highest BCUT2D eigenvalue weighted by molar-refractivity contribution is 9.10. The van der Waals surface area contributed by atoms with E-state index in [1.54, 1.807) is 0 Å². The molecule has 0 saturated carbocycles. The zero-order chi connectivity index (χ0) is 15.6. The normalized spacial score (nSPS) is 11.8. The van der Waals surface area contributed by atoms with Gasteiger partial charge < -0.3 is 4.74 Å². The highest BCUT2D eigenvalue weighted by atomic mass is 79.9. The maximum atomic E-state index is 11.6. The molecule has 21 heavy (non-hydrogen) atoms. The van der Waals surface area contributed by atoms with Crippen molar-refractivity contribution in [3.05, 3.63) is 28.2 Å². The molecule has 0 unspecified atom stereocenters. The van der Waals surface area contributed by atoms with Gasteiger partial charge in [0.2, 0.25) is 0 Å². The Balaban J connectivity index is 2.63. The van der Waals surface area contributed by atoms with Crippen molar-refractivity contribution in [1.29, 1.82) is 0 Å². The van der Waals surface area contributed by atoms with E-state index in [0.29, 0.717) is 12.4 Å². The standard InChI is InChI=1S/C12H15BrN4O3S/c1-8-3-4-9(13)7-10(8)11-15-16-12(21(14,18)19)17(11)5-6-20-2/h3-4,7H,5-6H2,1-2H3,(H2,14,18,19). The molecular weight excluding hydrogens is 360 g/mol. The Bertz CT molecular complexity index is 758. The second kappa shape index (κ2) is 6.22. The predicted octanol–water partition coefficient (Wildman–Crippen LogP) is 1.31. The summed E-state index contributed by atoms with van der Waals surface area (Å²) in [6, 6.07) is 5.66. The number of halogens is 1. The molecule has 0 bridgehead atoms. The highest BCUT2D eigenvalue weighted by Crippen LogP contribution is 2.26. The number of aryl methyl sites for hydroxylation is 1. The minimum atomic E-state index is -3.95. The molecule has 0 radical (unpaired) electrons. The summed E-state index contributed by atoms with van der Waals surface area (Å²) in [6.07, 6.45) is 0. The molecule has 114 valence electrons. The van der Waals surface area contributed by atoms with Crippen molar-refractivity contribution in [2.24, 2.45) is 5.14 Å². The first-order chi connectivity index (χ1) is 9.84. The molecule has 2 N–H and O–H groups in total. The van der Waals surface area contributed by atoms with Crippen molar-refractivity contribution < 1.29 is 13.2 Å². The van der Waals surface area contributed by atoms with Crippen LogP contribution in [0.25, 0.3) is 11.4 Å². The zero-order valence-electron chi connectivity index (χ0n) is 11.6. The smallest absolute Gasteiger partial charge is 0.273 e. The molecule has 1 heterocycles. The van der Waals surface area contributed by atoms with Crippen LogP contribution in [0.2, 0.25) is 0 Å². The number of rotatable bonds is 5. The molecule has 0 aliphatic rings. The van der Waals surface area contributed by atoms with Crippen LogP contribution < -0.4 is 5.14 Å². The van der Waals surface area contributed by atoms with Gasteiger partial charge in [-0.2, -0.15) is 0 Å². The first-order valence-electron chi connectivity index (χ1n) is 6.06. The molecule has 2 rings (SSSR count). The lowest BCUT2D eigenvalue weighted by Gasteiger charge is -2.10. The van der Waals surface area contributed by atoms with Crippen LogP contribution in [0.4, 0.5) is 0 Å². The number of nitrogens with zero attached hydrogens (tertiary/aromatic N) is 3. The molecule has 0 amide bonds. The summed E-state index contributed by atoms with van der Waals surface area (Å²) in [5.41, 5.74) is 1.73. The van der Waals surface area contributed by atoms with Crippen molar-refractivity contribution in [2.75, 3.05) is 13.7 Å². The largest absolute Gasteiger partial charge is 0.383 e. The van der Waals surface area contributed by atoms with E-state index >= 15 is 0 Å². The van der Waals surface area contributed by atoms with Crippen molar-refractivity contribution >= 4 is 26.0 Å². The lowest BCUT2D eigenvalue weighted by Crippen LogP contribution is -2.20. The Labute approximate surface area is 131 Å². The first kappa shape index (κ1) is 16.1. The zero-order valence-corrected chi connectivity index (χ0v) is 14.0. The summed E-state index contributed by atoms with van der Waals surface area (Å²) in [5, 5.41) is 12.6. The number of methoxy groups -OCH3 is 1. The van der Waals surface area contributed by atoms with E-state index in [0.717, 1.165) is 15.6 Å². The second-order valence-electron chi connectivity index (χ2n) is 4.45. The minimum Gasteiger partial charge on any atom is -0.383 e. The van der Waals surface area contributed by atoms with Gasteiger partial charge in [0.05, 0.1) is 13.2 Å². The van der Waals surface area contributed by atoms with Crippen molar-refractivity contribution in [1.82, 2.24) is 14.8 Å². The van der Waals surface area contributed by atoms with Crippen LogP contribution in [0.1, 0.15) is 5.56 Å². The maximum Gasteiger partial charge on any atom is 0.273 e. The van der Waals surface area contributed by atoms with Gasteiger partial charge in [-0.3, -0.25) is 4.57 Å². The van der Waals surface area contributed by atoms with Crippen LogP contribution >= 0.6 is 15.9 Å². The Hall–Kier alpha value is -1.29. The number of nitrogens with two attached hydrogens (primary N) is 1. The van der Waals surface area contributed by atoms with E-state index in [9.17, 15) is 8.42 Å². The number of ether oxygens (including phenoxy) is 1. The van der Waals surface area contributed by atoms with Crippen LogP contribution in [0.15, 0.2) is 27.8 Å². The van der Waals surface area contributed by atoms with Gasteiger partial charge in [-0.15, -0.1) is 10.2 Å². The molecule has 0 fully saturated rings. The third kappa shape index (κ3) is 3.49. The molecular formula is C12H15BrN4O3S. The fourth-order valence-electron chi connectivity index (χ4n) is 1.92. The number of hydrogen-bond acceptors (Lipinski definition) is 5. The highest BCUT2D eigenvalue weighted by Gasteiger charge is 2.22. The summed E-state index contributed by atoms with van der Waals surface area (Å²) in [6.45, 7) is 2.52. The maximum absolute atomic E-state index is 11.6. The van der Waals surface area contributed by atoms with Gasteiger partial charge in [-0.1, -0.05) is 22.0 Å². The molecule has 0 saturated heterocycles. The number of primary sulfonamides is 1. The van der Waals surface area contributed by atoms with Gasteiger partial charge in [-0.25, -0.2) is 13.6 Å². The fraction of sp³-hybridized carbons (Fsp3) is 0.333. The third-order valence-electron chi connectivity index (χ3n) is 2.93. The Morgan fingerprint density at radius 2 is 2.10 bits per heavy atom. The van der Waals surface area contributed by atoms with Crippen molar-refractivity contribution in [3.63, 3.8) is 0 Å². The van der Waals surface area contributed by atoms with Gasteiger partial charge in [0.25, 0.3) is 15.2 Å². The predicted molar refractivity (Wildman–Crippen MR) is 81.1 cm³/mol. The van der Waals surface area contributed by atoms with Gasteiger partial charge in [-0.05, 0) is 24.6 Å². The van der Waals surface area contributed by atoms with E-state index in [1.807, 2.05) is 25.1 Å². The molecule has 0 spiro atoms. The van der Waals surface area contributed by atoms with E-state index < -0.39 is 10.0 Å². The number of sulfonamides is 1. The van der Waals surface area contributed by atoms with Gasteiger partial charge in [0.1, 0.15) is 0 Å². The Morgan fingerprint density at radius 3 is 2.71 bits per heavy atom. The lowest BCUT2D eigenvalue weighted by molar-refractivity contribution is 0.185. The molecule has 0 aliphatic heterocycles. The summed E-state index contributed by atoms with van der Waals surface area (Å²) in [5.74, 6) is 0.440. The summed E-state index contributed by atoms with van der Waals surface area (Å²) < 4.78 is 30.6. The average Bonchev–Trinajstić information content (AvgIpc) is 2.82. The number of hydrogen-bond donors (Lipinski definition) is 1. The Kier molecular flexibility index (Phi) is 4.77. The molecule has 9 heteroatoms. The monoisotopic (exact) mass is 374 g/mol. The van der Waals surface area contributed by atoms with Gasteiger partial charge >= 0.3 is 0 Å². The molecule has 1 aromatic carbocycles. The van der Waals surface area contributed by atoms with Gasteiger partial charge in [0.15, 0.2) is 5.82 Å². The van der Waals surface area contributed by atoms with E-state index in [-0.39, 0.29) is 11.7 Å². The number of benzene rings is 1. The molecule has 1 aromatic heterocycles. The molecule has 2 aromatic rings. The fourth-order valence-corrected chi connectivity index (χ4v) is 2.92. The van der Waals surface area contributed by atoms with E-state index in [2.05, 4.69) is 26.1 Å². The lowest BCUT2D eigenvalue weighted by atomic mass is 10.1. The van der Waals surface area contributed by atoms with Crippen LogP contribution in [-0.4, -0.2) is 36.9 Å². The number of aromatic nitrogens is 3. The average molecular weight is 375 g/mol. The SMILES string of the molecule is COCCn1c(-c2cc(Br)ccc2C)nnc1S(N)(=O)=O. The first-order valence-corrected chi connectivity index (χ1v) is 8.40. The van der Waals surface area contributed by atoms with Crippen molar-refractivity contribution in [3.8, 4) is 11.4 Å². The molecule has 0 aliphatic carbocycles. The third-order valence-corrected chi connectivity index (χ3v) is 4.24. The summed E-state index contributed by atoms with van der Waals surface area (Å²) >= 11 is 3.39. The van der Waals surface area contributed by atoms with Crippen LogP contribution in [0.3, 0.4) is 0 Å². The molecule has 0 atom stereocenters. The van der Waals surface area contributed by atoms with Crippen LogP contribution in [0, 0.1) is 6.92 Å². The van der Waals surface area contributed by atoms with Crippen molar-refractivity contribution in [2.45, 2.75) is 18.6 Å². The molecule has 7 nitrogen and oxygen atoms in total. The second-order valence-corrected chi connectivity index (χ2v) is 6.83.